The van der Waals surface area contributed by atoms with Gasteiger partial charge in [-0.05, 0) is 0 Å². The van der Waals surface area contributed by atoms with Crippen molar-refractivity contribution in [3.63, 3.8) is 0 Å². The number of carbonyl (C=O) groups is 1. The van der Waals surface area contributed by atoms with Crippen LogP contribution in [-0.4, -0.2) is 89.0 Å². The van der Waals surface area contributed by atoms with Gasteiger partial charge < -0.3 is 19.7 Å². The molecular formula is C12H25N3O3. The Morgan fingerprint density at radius 3 is 2.22 bits per heavy atom. The molecule has 0 atom stereocenters. The van der Waals surface area contributed by atoms with Gasteiger partial charge in [0.15, 0.2) is 0 Å². The number of nitrogens with zero attached hydrogens (tertiary/aromatic N) is 2. The maximum absolute atomic E-state index is 12.2. The summed E-state index contributed by atoms with van der Waals surface area (Å²) in [4.78, 5) is 16.2. The van der Waals surface area contributed by atoms with Gasteiger partial charge in [0.25, 0.3) is 0 Å². The van der Waals surface area contributed by atoms with Crippen LogP contribution < -0.4 is 5.32 Å². The van der Waals surface area contributed by atoms with E-state index in [1.54, 1.807) is 14.2 Å². The zero-order chi connectivity index (χ0) is 13.2. The van der Waals surface area contributed by atoms with Crippen LogP contribution in [0.4, 0.5) is 0 Å². The van der Waals surface area contributed by atoms with Crippen molar-refractivity contribution in [1.29, 1.82) is 0 Å². The molecule has 1 amide bonds. The quantitative estimate of drug-likeness (QED) is 0.607. The number of amides is 1. The minimum absolute atomic E-state index is 0.158. The molecule has 1 fully saturated rings. The lowest BCUT2D eigenvalue weighted by atomic mass is 10.3. The van der Waals surface area contributed by atoms with Crippen molar-refractivity contribution >= 4 is 5.91 Å². The van der Waals surface area contributed by atoms with Gasteiger partial charge in [0, 0.05) is 53.5 Å². The van der Waals surface area contributed by atoms with Gasteiger partial charge in [0.2, 0.25) is 5.91 Å². The molecule has 1 N–H and O–H groups in total. The summed E-state index contributed by atoms with van der Waals surface area (Å²) in [7, 11) is 3.30. The van der Waals surface area contributed by atoms with Crippen LogP contribution in [-0.2, 0) is 14.3 Å². The molecule has 106 valence electrons. The van der Waals surface area contributed by atoms with Crippen LogP contribution in [0.2, 0.25) is 0 Å². The number of methoxy groups -OCH3 is 2. The summed E-state index contributed by atoms with van der Waals surface area (Å²) in [6.45, 7) is 6.69. The van der Waals surface area contributed by atoms with Crippen LogP contribution in [0.3, 0.4) is 0 Å². The van der Waals surface area contributed by atoms with Crippen molar-refractivity contribution in [2.75, 3.05) is 73.2 Å². The number of piperazine rings is 1. The van der Waals surface area contributed by atoms with Crippen LogP contribution >= 0.6 is 0 Å². The zero-order valence-electron chi connectivity index (χ0n) is 11.5. The highest BCUT2D eigenvalue weighted by Crippen LogP contribution is 1.97. The van der Waals surface area contributed by atoms with E-state index in [-0.39, 0.29) is 5.91 Å². The van der Waals surface area contributed by atoms with Crippen molar-refractivity contribution in [3.05, 3.63) is 0 Å². The number of hydrogen-bond donors (Lipinski definition) is 1. The maximum Gasteiger partial charge on any atom is 0.236 e. The fourth-order valence-corrected chi connectivity index (χ4v) is 1.92. The average molecular weight is 259 g/mol. The first-order valence-electron chi connectivity index (χ1n) is 6.46. The van der Waals surface area contributed by atoms with Crippen molar-refractivity contribution in [3.8, 4) is 0 Å². The molecule has 0 aromatic carbocycles. The maximum atomic E-state index is 12.2. The largest absolute Gasteiger partial charge is 0.383 e. The minimum atomic E-state index is 0.158. The van der Waals surface area contributed by atoms with Crippen molar-refractivity contribution in [1.82, 2.24) is 15.1 Å². The molecule has 0 bridgehead atoms. The Bertz CT molecular complexity index is 225. The smallest absolute Gasteiger partial charge is 0.236 e. The monoisotopic (exact) mass is 259 g/mol. The third kappa shape index (κ3) is 5.77. The molecular weight excluding hydrogens is 234 g/mol. The Kier molecular flexibility index (Phi) is 7.91. The molecule has 6 heteroatoms. The van der Waals surface area contributed by atoms with E-state index in [2.05, 4.69) is 10.2 Å². The Hall–Kier alpha value is -0.690. The van der Waals surface area contributed by atoms with Crippen LogP contribution in [0.25, 0.3) is 0 Å². The highest BCUT2D eigenvalue weighted by Gasteiger charge is 2.18. The average Bonchev–Trinajstić information content (AvgIpc) is 2.40. The van der Waals surface area contributed by atoms with E-state index >= 15 is 0 Å². The summed E-state index contributed by atoms with van der Waals surface area (Å²) >= 11 is 0. The van der Waals surface area contributed by atoms with Crippen LogP contribution in [0, 0.1) is 0 Å². The third-order valence-electron chi connectivity index (χ3n) is 3.05. The molecule has 0 saturated carbocycles. The molecule has 1 saturated heterocycles. The van der Waals surface area contributed by atoms with Gasteiger partial charge in [-0.15, -0.1) is 0 Å². The van der Waals surface area contributed by atoms with Crippen molar-refractivity contribution < 1.29 is 14.3 Å². The predicted molar refractivity (Wildman–Crippen MR) is 69.6 cm³/mol. The summed E-state index contributed by atoms with van der Waals surface area (Å²) in [5.74, 6) is 0.158. The summed E-state index contributed by atoms with van der Waals surface area (Å²) < 4.78 is 10.1. The molecule has 1 heterocycles. The van der Waals surface area contributed by atoms with Crippen molar-refractivity contribution in [2.24, 2.45) is 0 Å². The fourth-order valence-electron chi connectivity index (χ4n) is 1.92. The minimum Gasteiger partial charge on any atom is -0.383 e. The molecule has 0 aliphatic carbocycles. The van der Waals surface area contributed by atoms with Crippen molar-refractivity contribution in [2.45, 2.75) is 0 Å². The molecule has 0 aromatic rings. The molecule has 1 rings (SSSR count). The van der Waals surface area contributed by atoms with E-state index in [0.29, 0.717) is 32.8 Å². The number of hydrogen-bond acceptors (Lipinski definition) is 5. The lowest BCUT2D eigenvalue weighted by molar-refractivity contribution is -0.133. The number of carbonyl (C=O) groups excluding carboxylic acids is 1. The first-order chi connectivity index (χ1) is 8.77. The standard InChI is InChI=1S/C12H25N3O3/c1-17-9-7-15(8-10-18-2)12(16)11-14-5-3-13-4-6-14/h13H,3-11H2,1-2H3. The number of rotatable bonds is 8. The van der Waals surface area contributed by atoms with E-state index in [1.165, 1.54) is 0 Å². The van der Waals surface area contributed by atoms with Gasteiger partial charge in [-0.2, -0.15) is 0 Å². The topological polar surface area (TPSA) is 54.0 Å². The second-order valence-electron chi connectivity index (χ2n) is 4.39. The Balaban J connectivity index is 2.35. The second kappa shape index (κ2) is 9.27. The molecule has 0 spiro atoms. The Morgan fingerprint density at radius 1 is 1.17 bits per heavy atom. The normalized spacial score (nSPS) is 16.8. The number of ether oxygens (including phenoxy) is 2. The fraction of sp³-hybridized carbons (Fsp3) is 0.917. The highest BCUT2D eigenvalue weighted by atomic mass is 16.5. The van der Waals surface area contributed by atoms with Gasteiger partial charge in [0.05, 0.1) is 19.8 Å². The van der Waals surface area contributed by atoms with E-state index in [4.69, 9.17) is 9.47 Å². The molecule has 0 aromatic heterocycles. The Morgan fingerprint density at radius 2 is 1.72 bits per heavy atom. The molecule has 1 aliphatic heterocycles. The third-order valence-corrected chi connectivity index (χ3v) is 3.05. The number of nitrogens with one attached hydrogen (secondary N) is 1. The van der Waals surface area contributed by atoms with E-state index in [1.807, 2.05) is 4.90 Å². The molecule has 1 aliphatic rings. The van der Waals surface area contributed by atoms with Crippen LogP contribution in [0.5, 0.6) is 0 Å². The van der Waals surface area contributed by atoms with Crippen LogP contribution in [0.15, 0.2) is 0 Å². The van der Waals surface area contributed by atoms with Crippen LogP contribution in [0.1, 0.15) is 0 Å². The second-order valence-corrected chi connectivity index (χ2v) is 4.39. The summed E-state index contributed by atoms with van der Waals surface area (Å²) in [6, 6.07) is 0. The summed E-state index contributed by atoms with van der Waals surface area (Å²) in [5.41, 5.74) is 0. The van der Waals surface area contributed by atoms with E-state index in [0.717, 1.165) is 26.2 Å². The lowest BCUT2D eigenvalue weighted by Crippen LogP contribution is -2.49. The molecule has 0 unspecified atom stereocenters. The predicted octanol–water partition coefficient (Wildman–Crippen LogP) is -0.987. The first-order valence-corrected chi connectivity index (χ1v) is 6.46. The molecule has 0 radical (unpaired) electrons. The lowest BCUT2D eigenvalue weighted by Gasteiger charge is -2.29. The molecule has 6 nitrogen and oxygen atoms in total. The van der Waals surface area contributed by atoms with Gasteiger partial charge in [0.1, 0.15) is 0 Å². The summed E-state index contributed by atoms with van der Waals surface area (Å²) in [6.07, 6.45) is 0. The van der Waals surface area contributed by atoms with E-state index < -0.39 is 0 Å². The van der Waals surface area contributed by atoms with Gasteiger partial charge in [-0.25, -0.2) is 0 Å². The zero-order valence-corrected chi connectivity index (χ0v) is 11.5. The SMILES string of the molecule is COCCN(CCOC)C(=O)CN1CCNCC1. The Labute approximate surface area is 109 Å². The van der Waals surface area contributed by atoms with E-state index in [9.17, 15) is 4.79 Å². The van der Waals surface area contributed by atoms with Gasteiger partial charge in [-0.3, -0.25) is 9.69 Å². The summed E-state index contributed by atoms with van der Waals surface area (Å²) in [5, 5.41) is 3.28. The highest BCUT2D eigenvalue weighted by molar-refractivity contribution is 5.78. The van der Waals surface area contributed by atoms with Gasteiger partial charge in [-0.1, -0.05) is 0 Å². The first kappa shape index (κ1) is 15.4. The molecule has 18 heavy (non-hydrogen) atoms. The van der Waals surface area contributed by atoms with Gasteiger partial charge >= 0.3 is 0 Å².